The molecule has 2 saturated heterocycles. The number of piperidine rings is 1. The second-order valence-electron chi connectivity index (χ2n) is 9.57. The van der Waals surface area contributed by atoms with Crippen molar-refractivity contribution in [3.8, 4) is 17.0 Å². The van der Waals surface area contributed by atoms with Gasteiger partial charge in [-0.3, -0.25) is 0 Å². The smallest absolute Gasteiger partial charge is 0.129 e. The number of benzene rings is 2. The molecule has 2 fully saturated rings. The molecule has 2 aromatic carbocycles. The van der Waals surface area contributed by atoms with Crippen LogP contribution in [0.25, 0.3) is 11.3 Å². The average Bonchev–Trinajstić information content (AvgIpc) is 3.35. The number of rotatable bonds is 4. The minimum absolute atomic E-state index is 0.0411. The summed E-state index contributed by atoms with van der Waals surface area (Å²) >= 11 is 0. The van der Waals surface area contributed by atoms with Crippen LogP contribution in [0.15, 0.2) is 55.0 Å². The lowest BCUT2D eigenvalue weighted by Gasteiger charge is -2.27. The molecule has 2 atom stereocenters. The van der Waals surface area contributed by atoms with Gasteiger partial charge in [0, 0.05) is 29.9 Å². The second kappa shape index (κ2) is 8.82. The molecule has 2 unspecified atom stereocenters. The van der Waals surface area contributed by atoms with Crippen molar-refractivity contribution in [1.82, 2.24) is 14.9 Å². The van der Waals surface area contributed by atoms with Gasteiger partial charge < -0.3 is 19.5 Å². The Morgan fingerprint density at radius 1 is 0.970 bits per heavy atom. The summed E-state index contributed by atoms with van der Waals surface area (Å²) in [5.41, 5.74) is 4.14. The van der Waals surface area contributed by atoms with Crippen LogP contribution in [0, 0.1) is 11.7 Å². The zero-order valence-electron chi connectivity index (χ0n) is 18.9. The Balaban J connectivity index is 1.16. The molecule has 0 bridgehead atoms. The Morgan fingerprint density at radius 2 is 1.82 bits per heavy atom. The monoisotopic (exact) mass is 446 g/mol. The largest absolute Gasteiger partial charge is 0.490 e. The zero-order valence-corrected chi connectivity index (χ0v) is 18.9. The van der Waals surface area contributed by atoms with Gasteiger partial charge in [0.1, 0.15) is 17.7 Å². The lowest BCUT2D eigenvalue weighted by Crippen LogP contribution is -2.34. The quantitative estimate of drug-likeness (QED) is 0.610. The minimum Gasteiger partial charge on any atom is -0.490 e. The van der Waals surface area contributed by atoms with Crippen molar-refractivity contribution < 1.29 is 9.13 Å². The predicted molar refractivity (Wildman–Crippen MR) is 128 cm³/mol. The Hall–Kier alpha value is -2.86. The maximum atomic E-state index is 14.9. The van der Waals surface area contributed by atoms with Gasteiger partial charge in [0.15, 0.2) is 0 Å². The fourth-order valence-electron chi connectivity index (χ4n) is 5.94. The molecule has 3 aliphatic rings. The topological polar surface area (TPSA) is 42.3 Å². The summed E-state index contributed by atoms with van der Waals surface area (Å²) in [4.78, 5) is 6.84. The summed E-state index contributed by atoms with van der Waals surface area (Å²) in [5, 5.41) is 3.38. The van der Waals surface area contributed by atoms with Crippen LogP contribution in [0.2, 0.25) is 0 Å². The lowest BCUT2D eigenvalue weighted by molar-refractivity contribution is 0.162. The third-order valence-electron chi connectivity index (χ3n) is 7.60. The van der Waals surface area contributed by atoms with Crippen molar-refractivity contribution in [3.05, 3.63) is 66.4 Å². The van der Waals surface area contributed by atoms with Crippen LogP contribution in [-0.4, -0.2) is 41.8 Å². The van der Waals surface area contributed by atoms with E-state index in [4.69, 9.17) is 4.74 Å². The zero-order chi connectivity index (χ0) is 22.2. The molecule has 6 heteroatoms. The number of nitrogens with one attached hydrogen (secondary N) is 1. The summed E-state index contributed by atoms with van der Waals surface area (Å²) in [6, 6.07) is 14.1. The van der Waals surface area contributed by atoms with Crippen LogP contribution < -0.4 is 15.0 Å². The Morgan fingerprint density at radius 3 is 2.67 bits per heavy atom. The number of halogens is 1. The number of hydrogen-bond acceptors (Lipinski definition) is 4. The molecule has 5 nitrogen and oxygen atoms in total. The molecular formula is C27H31FN4O. The third kappa shape index (κ3) is 3.90. The van der Waals surface area contributed by atoms with Crippen molar-refractivity contribution in [2.45, 2.75) is 44.2 Å². The number of fused-ring (bicyclic) bond motifs is 3. The minimum atomic E-state index is -0.0911. The lowest BCUT2D eigenvalue weighted by atomic mass is 9.87. The number of ether oxygens (including phenoxy) is 1. The van der Waals surface area contributed by atoms with Crippen LogP contribution in [0.5, 0.6) is 5.75 Å². The van der Waals surface area contributed by atoms with Crippen LogP contribution in [-0.2, 0) is 0 Å². The average molecular weight is 447 g/mol. The molecule has 4 heterocycles. The van der Waals surface area contributed by atoms with Gasteiger partial charge in [-0.25, -0.2) is 9.37 Å². The Labute approximate surface area is 194 Å². The van der Waals surface area contributed by atoms with E-state index in [2.05, 4.69) is 44.0 Å². The predicted octanol–water partition coefficient (Wildman–Crippen LogP) is 5.03. The molecule has 1 aromatic heterocycles. The highest BCUT2D eigenvalue weighted by atomic mass is 19.1. The molecule has 6 rings (SSSR count). The fourth-order valence-corrected chi connectivity index (χ4v) is 5.94. The second-order valence-corrected chi connectivity index (χ2v) is 9.57. The normalized spacial score (nSPS) is 23.1. The molecule has 0 aliphatic carbocycles. The third-order valence-corrected chi connectivity index (χ3v) is 7.60. The molecule has 0 amide bonds. The SMILES string of the molecule is Fc1cccc2c1C(C1CCCN(c3ccc(OC4CCNCC4)cc3)CC1)n1cncc1-2. The highest BCUT2D eigenvalue weighted by Crippen LogP contribution is 2.46. The molecule has 1 N–H and O–H groups in total. The standard InChI is InChI=1S/C27H31FN4O/c28-24-5-1-4-23-25-17-30-18-32(25)27(26(23)24)19-3-2-15-31(16-12-19)20-6-8-21(9-7-20)33-22-10-13-29-14-11-22/h1,4-9,17-19,22,27,29H,2-3,10-16H2. The molecular weight excluding hydrogens is 415 g/mol. The maximum absolute atomic E-state index is 14.9. The van der Waals surface area contributed by atoms with Crippen LogP contribution in [0.3, 0.4) is 0 Å². The van der Waals surface area contributed by atoms with Gasteiger partial charge in [-0.15, -0.1) is 0 Å². The van der Waals surface area contributed by atoms with Crippen LogP contribution >= 0.6 is 0 Å². The van der Waals surface area contributed by atoms with E-state index in [-0.39, 0.29) is 11.9 Å². The van der Waals surface area contributed by atoms with E-state index < -0.39 is 0 Å². The summed E-state index contributed by atoms with van der Waals surface area (Å²) in [6.45, 7) is 4.07. The molecule has 172 valence electrons. The van der Waals surface area contributed by atoms with E-state index in [0.717, 1.165) is 80.9 Å². The van der Waals surface area contributed by atoms with Gasteiger partial charge in [0.2, 0.25) is 0 Å². The van der Waals surface area contributed by atoms with E-state index in [1.807, 2.05) is 18.6 Å². The molecule has 0 spiro atoms. The maximum Gasteiger partial charge on any atom is 0.129 e. The molecule has 0 saturated carbocycles. The van der Waals surface area contributed by atoms with Crippen LogP contribution in [0.4, 0.5) is 10.1 Å². The van der Waals surface area contributed by atoms with Crippen molar-refractivity contribution in [2.75, 3.05) is 31.1 Å². The summed E-state index contributed by atoms with van der Waals surface area (Å²) in [5.74, 6) is 1.26. The van der Waals surface area contributed by atoms with Gasteiger partial charge in [-0.2, -0.15) is 0 Å². The first-order chi connectivity index (χ1) is 16.3. The highest BCUT2D eigenvalue weighted by molar-refractivity contribution is 5.69. The summed E-state index contributed by atoms with van der Waals surface area (Å²) in [6.07, 6.45) is 9.42. The number of aromatic nitrogens is 2. The number of hydrogen-bond donors (Lipinski definition) is 1. The van der Waals surface area contributed by atoms with Gasteiger partial charge in [0.25, 0.3) is 0 Å². The fraction of sp³-hybridized carbons (Fsp3) is 0.444. The highest BCUT2D eigenvalue weighted by Gasteiger charge is 2.37. The van der Waals surface area contributed by atoms with E-state index in [1.54, 1.807) is 12.1 Å². The van der Waals surface area contributed by atoms with Gasteiger partial charge in [-0.1, -0.05) is 12.1 Å². The number of anilines is 1. The molecule has 3 aliphatic heterocycles. The summed E-state index contributed by atoms with van der Waals surface area (Å²) in [7, 11) is 0. The van der Waals surface area contributed by atoms with Gasteiger partial charge in [0.05, 0.1) is 24.3 Å². The van der Waals surface area contributed by atoms with Crippen molar-refractivity contribution in [3.63, 3.8) is 0 Å². The molecule has 33 heavy (non-hydrogen) atoms. The number of nitrogens with zero attached hydrogens (tertiary/aromatic N) is 3. The van der Waals surface area contributed by atoms with Crippen LogP contribution in [0.1, 0.15) is 43.7 Å². The molecule has 0 radical (unpaired) electrons. The van der Waals surface area contributed by atoms with Gasteiger partial charge in [-0.05, 0) is 81.4 Å². The van der Waals surface area contributed by atoms with Gasteiger partial charge >= 0.3 is 0 Å². The molecule has 3 aromatic rings. The first kappa shape index (κ1) is 20.7. The van der Waals surface area contributed by atoms with E-state index >= 15 is 0 Å². The number of imidazole rings is 1. The first-order valence-corrected chi connectivity index (χ1v) is 12.3. The van der Waals surface area contributed by atoms with Crippen molar-refractivity contribution in [2.24, 2.45) is 5.92 Å². The summed E-state index contributed by atoms with van der Waals surface area (Å²) < 4.78 is 23.3. The van der Waals surface area contributed by atoms with Crippen molar-refractivity contribution >= 4 is 5.69 Å². The Kier molecular flexibility index (Phi) is 5.54. The Bertz CT molecular complexity index is 1110. The van der Waals surface area contributed by atoms with E-state index in [9.17, 15) is 4.39 Å². The van der Waals surface area contributed by atoms with E-state index in [0.29, 0.717) is 12.0 Å². The van der Waals surface area contributed by atoms with E-state index in [1.165, 1.54) is 5.69 Å². The van der Waals surface area contributed by atoms with Crippen molar-refractivity contribution in [1.29, 1.82) is 0 Å². The first-order valence-electron chi connectivity index (χ1n) is 12.3.